The molecule has 0 radical (unpaired) electrons. The van der Waals surface area contributed by atoms with Crippen LogP contribution in [-0.4, -0.2) is 23.5 Å². The zero-order valence-corrected chi connectivity index (χ0v) is 11.0. The third kappa shape index (κ3) is 2.11. The number of nitrogens with zero attached hydrogens (tertiary/aromatic N) is 1. The second-order valence-corrected chi connectivity index (χ2v) is 5.55. The smallest absolute Gasteiger partial charge is 0.229 e. The van der Waals surface area contributed by atoms with Gasteiger partial charge in [-0.1, -0.05) is 0 Å². The van der Waals surface area contributed by atoms with Crippen LogP contribution in [0.5, 0.6) is 0 Å². The number of hydrogen-bond acceptors (Lipinski definition) is 4. The number of amides is 1. The lowest BCUT2D eigenvalue weighted by atomic mass is 10.0. The van der Waals surface area contributed by atoms with E-state index in [1.54, 1.807) is 11.3 Å². The Balaban J connectivity index is 1.77. The third-order valence-corrected chi connectivity index (χ3v) is 4.25. The van der Waals surface area contributed by atoms with Crippen LogP contribution in [0.2, 0.25) is 0 Å². The van der Waals surface area contributed by atoms with Crippen molar-refractivity contribution in [1.29, 1.82) is 0 Å². The van der Waals surface area contributed by atoms with Crippen molar-refractivity contribution in [3.05, 3.63) is 23.7 Å². The average Bonchev–Trinajstić information content (AvgIpc) is 2.96. The molecule has 18 heavy (non-hydrogen) atoms. The van der Waals surface area contributed by atoms with Gasteiger partial charge in [0.2, 0.25) is 5.91 Å². The van der Waals surface area contributed by atoms with Gasteiger partial charge in [-0.15, -0.1) is 11.3 Å². The van der Waals surface area contributed by atoms with Crippen molar-refractivity contribution in [1.82, 2.24) is 10.3 Å². The first-order valence-corrected chi connectivity index (χ1v) is 6.99. The Bertz CT molecular complexity index is 580. The molecule has 2 atom stereocenters. The lowest BCUT2D eigenvalue weighted by Gasteiger charge is -2.14. The minimum Gasteiger partial charge on any atom is -0.326 e. The van der Waals surface area contributed by atoms with Gasteiger partial charge in [-0.05, 0) is 38.1 Å². The van der Waals surface area contributed by atoms with Gasteiger partial charge in [0.25, 0.3) is 0 Å². The molecule has 2 N–H and O–H groups in total. The highest BCUT2D eigenvalue weighted by Gasteiger charge is 2.29. The fraction of sp³-hybridized carbons (Fsp3) is 0.385. The quantitative estimate of drug-likeness (QED) is 0.871. The Morgan fingerprint density at radius 2 is 2.44 bits per heavy atom. The van der Waals surface area contributed by atoms with Crippen LogP contribution in [0.25, 0.3) is 10.2 Å². The zero-order chi connectivity index (χ0) is 12.5. The Hall–Kier alpha value is -1.46. The van der Waals surface area contributed by atoms with Crippen LogP contribution >= 0.6 is 11.3 Å². The summed E-state index contributed by atoms with van der Waals surface area (Å²) in [6, 6.07) is 6.10. The number of carbonyl (C=O) groups is 1. The number of carbonyl (C=O) groups excluding carboxylic acids is 1. The van der Waals surface area contributed by atoms with Gasteiger partial charge >= 0.3 is 0 Å². The second kappa shape index (κ2) is 4.66. The molecule has 4 nitrogen and oxygen atoms in total. The first kappa shape index (κ1) is 11.6. The number of thiazole rings is 1. The molecule has 0 aliphatic carbocycles. The van der Waals surface area contributed by atoms with E-state index in [2.05, 4.69) is 22.5 Å². The van der Waals surface area contributed by atoms with Crippen LogP contribution in [0.1, 0.15) is 13.3 Å². The van der Waals surface area contributed by atoms with Crippen molar-refractivity contribution in [3.63, 3.8) is 0 Å². The van der Waals surface area contributed by atoms with Crippen molar-refractivity contribution in [2.24, 2.45) is 5.92 Å². The van der Waals surface area contributed by atoms with E-state index in [4.69, 9.17) is 0 Å². The molecule has 2 aromatic rings. The lowest BCUT2D eigenvalue weighted by molar-refractivity contribution is -0.119. The van der Waals surface area contributed by atoms with Gasteiger partial charge < -0.3 is 10.6 Å². The zero-order valence-electron chi connectivity index (χ0n) is 10.1. The third-order valence-electron chi connectivity index (χ3n) is 3.46. The van der Waals surface area contributed by atoms with Gasteiger partial charge in [0.05, 0.1) is 21.6 Å². The molecule has 0 bridgehead atoms. The first-order chi connectivity index (χ1) is 8.74. The molecule has 1 aliphatic heterocycles. The summed E-state index contributed by atoms with van der Waals surface area (Å²) >= 11 is 1.59. The van der Waals surface area contributed by atoms with Crippen molar-refractivity contribution < 1.29 is 4.79 Å². The summed E-state index contributed by atoms with van der Waals surface area (Å²) in [6.45, 7) is 2.98. The maximum atomic E-state index is 12.1. The summed E-state index contributed by atoms with van der Waals surface area (Å²) in [5, 5.41) is 6.29. The van der Waals surface area contributed by atoms with Crippen LogP contribution in [-0.2, 0) is 4.79 Å². The normalized spacial score (nSPS) is 23.4. The Morgan fingerprint density at radius 3 is 3.22 bits per heavy atom. The monoisotopic (exact) mass is 261 g/mol. The number of benzene rings is 1. The molecule has 1 amide bonds. The lowest BCUT2D eigenvalue weighted by Crippen LogP contribution is -2.32. The highest BCUT2D eigenvalue weighted by Crippen LogP contribution is 2.23. The summed E-state index contributed by atoms with van der Waals surface area (Å²) in [6.07, 6.45) is 0.913. The largest absolute Gasteiger partial charge is 0.326 e. The molecular weight excluding hydrogens is 246 g/mol. The highest BCUT2D eigenvalue weighted by atomic mass is 32.1. The van der Waals surface area contributed by atoms with Crippen molar-refractivity contribution >= 4 is 33.1 Å². The molecule has 5 heteroatoms. The molecule has 0 saturated carbocycles. The minimum absolute atomic E-state index is 0.0714. The Kier molecular flexibility index (Phi) is 3.01. The van der Waals surface area contributed by atoms with E-state index in [0.29, 0.717) is 0 Å². The van der Waals surface area contributed by atoms with E-state index in [1.165, 1.54) is 0 Å². The van der Waals surface area contributed by atoms with E-state index in [0.717, 1.165) is 28.9 Å². The van der Waals surface area contributed by atoms with Gasteiger partial charge in [0, 0.05) is 11.7 Å². The molecule has 1 aromatic heterocycles. The maximum Gasteiger partial charge on any atom is 0.229 e. The van der Waals surface area contributed by atoms with Crippen LogP contribution < -0.4 is 10.6 Å². The summed E-state index contributed by atoms with van der Waals surface area (Å²) in [5.74, 6) is 0.179. The van der Waals surface area contributed by atoms with Crippen molar-refractivity contribution in [2.45, 2.75) is 19.4 Å². The summed E-state index contributed by atoms with van der Waals surface area (Å²) in [5.41, 5.74) is 3.66. The molecule has 1 aromatic carbocycles. The van der Waals surface area contributed by atoms with Crippen molar-refractivity contribution in [3.8, 4) is 0 Å². The minimum atomic E-state index is 0.0714. The van der Waals surface area contributed by atoms with Gasteiger partial charge in [-0.2, -0.15) is 0 Å². The fourth-order valence-corrected chi connectivity index (χ4v) is 3.10. The number of rotatable bonds is 2. The molecule has 2 unspecified atom stereocenters. The van der Waals surface area contributed by atoms with E-state index in [9.17, 15) is 4.79 Å². The number of aromatic nitrogens is 1. The highest BCUT2D eigenvalue weighted by molar-refractivity contribution is 7.16. The molecule has 0 spiro atoms. The van der Waals surface area contributed by atoms with Crippen LogP contribution in [0.3, 0.4) is 0 Å². The summed E-state index contributed by atoms with van der Waals surface area (Å²) in [7, 11) is 0. The predicted octanol–water partition coefficient (Wildman–Crippen LogP) is 2.23. The first-order valence-electron chi connectivity index (χ1n) is 6.11. The summed E-state index contributed by atoms with van der Waals surface area (Å²) in [4.78, 5) is 16.4. The second-order valence-electron chi connectivity index (χ2n) is 4.66. The van der Waals surface area contributed by atoms with Gasteiger partial charge in [0.15, 0.2) is 0 Å². The molecular formula is C13H15N3OS. The Labute approximate surface area is 109 Å². The number of nitrogens with one attached hydrogen (secondary N) is 2. The molecule has 1 aliphatic rings. The SMILES string of the molecule is CC1NCCC1C(=O)Nc1ccc2ncsc2c1. The predicted molar refractivity (Wildman–Crippen MR) is 73.8 cm³/mol. The van der Waals surface area contributed by atoms with E-state index in [-0.39, 0.29) is 17.9 Å². The molecule has 1 saturated heterocycles. The number of anilines is 1. The summed E-state index contributed by atoms with van der Waals surface area (Å²) < 4.78 is 1.10. The van der Waals surface area contributed by atoms with E-state index < -0.39 is 0 Å². The van der Waals surface area contributed by atoms with E-state index in [1.807, 2.05) is 23.7 Å². The van der Waals surface area contributed by atoms with Gasteiger partial charge in [0.1, 0.15) is 0 Å². The van der Waals surface area contributed by atoms with Gasteiger partial charge in [-0.25, -0.2) is 4.98 Å². The molecule has 3 rings (SSSR count). The molecule has 94 valence electrons. The molecule has 1 fully saturated rings. The van der Waals surface area contributed by atoms with Gasteiger partial charge in [-0.3, -0.25) is 4.79 Å². The molecule has 2 heterocycles. The fourth-order valence-electron chi connectivity index (χ4n) is 2.38. The number of fused-ring (bicyclic) bond motifs is 1. The maximum absolute atomic E-state index is 12.1. The average molecular weight is 261 g/mol. The topological polar surface area (TPSA) is 54.0 Å². The Morgan fingerprint density at radius 1 is 1.56 bits per heavy atom. The van der Waals surface area contributed by atoms with E-state index >= 15 is 0 Å². The van der Waals surface area contributed by atoms with Crippen LogP contribution in [0, 0.1) is 5.92 Å². The van der Waals surface area contributed by atoms with Crippen LogP contribution in [0.4, 0.5) is 5.69 Å². The number of hydrogen-bond donors (Lipinski definition) is 2. The van der Waals surface area contributed by atoms with Crippen molar-refractivity contribution in [2.75, 3.05) is 11.9 Å². The van der Waals surface area contributed by atoms with Crippen LogP contribution in [0.15, 0.2) is 23.7 Å². The standard InChI is InChI=1S/C13H15N3OS/c1-8-10(4-5-14-8)13(17)16-9-2-3-11-12(6-9)18-7-15-11/h2-3,6-8,10,14H,4-5H2,1H3,(H,16,17).